The van der Waals surface area contributed by atoms with Gasteiger partial charge < -0.3 is 9.55 Å². The number of nitrogens with one attached hydrogen (secondary N) is 1. The van der Waals surface area contributed by atoms with Crippen LogP contribution in [0.5, 0.6) is 0 Å². The number of fused-ring (bicyclic) bond motifs is 5. The van der Waals surface area contributed by atoms with Crippen molar-refractivity contribution in [1.29, 1.82) is 0 Å². The highest BCUT2D eigenvalue weighted by Crippen LogP contribution is 2.42. The first-order valence-electron chi connectivity index (χ1n) is 10.1. The number of nitrogens with zero attached hydrogens (tertiary/aromatic N) is 3. The molecular formula is C22H26N4O. The maximum atomic E-state index is 12.6. The molecule has 5 heteroatoms. The van der Waals surface area contributed by atoms with Gasteiger partial charge in [-0.3, -0.25) is 9.69 Å². The molecule has 2 aliphatic rings. The van der Waals surface area contributed by atoms with Crippen LogP contribution in [0.4, 0.5) is 0 Å². The van der Waals surface area contributed by atoms with Gasteiger partial charge in [0.25, 0.3) is 5.56 Å². The fourth-order valence-electron chi connectivity index (χ4n) is 5.22. The van der Waals surface area contributed by atoms with Gasteiger partial charge in [-0.2, -0.15) is 0 Å². The molecule has 27 heavy (non-hydrogen) atoms. The molecule has 3 atom stereocenters. The summed E-state index contributed by atoms with van der Waals surface area (Å²) in [7, 11) is 0. The molecule has 0 spiro atoms. The molecule has 2 aliphatic heterocycles. The molecule has 1 aromatic carbocycles. The number of imidazole rings is 1. The molecule has 140 valence electrons. The van der Waals surface area contributed by atoms with Crippen LogP contribution in [0.3, 0.4) is 0 Å². The maximum Gasteiger partial charge on any atom is 0.250 e. The van der Waals surface area contributed by atoms with Gasteiger partial charge in [0.05, 0.1) is 17.6 Å². The molecule has 2 bridgehead atoms. The Morgan fingerprint density at radius 1 is 1.15 bits per heavy atom. The van der Waals surface area contributed by atoms with E-state index in [4.69, 9.17) is 4.98 Å². The van der Waals surface area contributed by atoms with Crippen molar-refractivity contribution in [3.63, 3.8) is 0 Å². The Bertz CT molecular complexity index is 987. The third-order valence-corrected chi connectivity index (χ3v) is 6.27. The van der Waals surface area contributed by atoms with Crippen molar-refractivity contribution in [3.8, 4) is 0 Å². The van der Waals surface area contributed by atoms with E-state index in [1.165, 1.54) is 12.1 Å². The predicted octanol–water partition coefficient (Wildman–Crippen LogP) is 3.69. The van der Waals surface area contributed by atoms with Crippen LogP contribution in [0, 0.1) is 5.92 Å². The van der Waals surface area contributed by atoms with Crippen LogP contribution in [-0.2, 0) is 6.54 Å². The molecule has 1 fully saturated rings. The van der Waals surface area contributed by atoms with Crippen molar-refractivity contribution in [3.05, 3.63) is 64.3 Å². The van der Waals surface area contributed by atoms with E-state index < -0.39 is 0 Å². The summed E-state index contributed by atoms with van der Waals surface area (Å²) in [5.74, 6) is 2.02. The minimum absolute atomic E-state index is 0.173. The number of hydrogen-bond donors (Lipinski definition) is 1. The Labute approximate surface area is 159 Å². The van der Waals surface area contributed by atoms with Crippen molar-refractivity contribution < 1.29 is 0 Å². The number of para-hydroxylation sites is 2. The SMILES string of the molecule is CCC[C@H]1[C@H]2C[C@H](CN(Cc3nc4ccccc4[nH]3)C2)c2cccc(=O)n21. The third-order valence-electron chi connectivity index (χ3n) is 6.27. The van der Waals surface area contributed by atoms with E-state index in [0.717, 1.165) is 49.3 Å². The average molecular weight is 362 g/mol. The molecule has 0 saturated carbocycles. The monoisotopic (exact) mass is 362 g/mol. The fourth-order valence-corrected chi connectivity index (χ4v) is 5.22. The summed E-state index contributed by atoms with van der Waals surface area (Å²) < 4.78 is 2.11. The van der Waals surface area contributed by atoms with Crippen LogP contribution < -0.4 is 5.56 Å². The normalized spacial score (nSPS) is 24.9. The average Bonchev–Trinajstić information content (AvgIpc) is 3.07. The van der Waals surface area contributed by atoms with Gasteiger partial charge in [-0.05, 0) is 37.0 Å². The van der Waals surface area contributed by atoms with Crippen LogP contribution in [-0.4, -0.2) is 32.5 Å². The molecule has 1 saturated heterocycles. The number of H-pyrrole nitrogens is 1. The molecule has 2 aromatic heterocycles. The lowest BCUT2D eigenvalue weighted by Crippen LogP contribution is -2.49. The molecule has 3 aromatic rings. The second-order valence-electron chi connectivity index (χ2n) is 8.10. The van der Waals surface area contributed by atoms with Crippen LogP contribution >= 0.6 is 0 Å². The highest BCUT2D eigenvalue weighted by molar-refractivity contribution is 5.74. The Balaban J connectivity index is 1.45. The number of aromatic nitrogens is 3. The van der Waals surface area contributed by atoms with Gasteiger partial charge in [0.1, 0.15) is 5.82 Å². The number of hydrogen-bond acceptors (Lipinski definition) is 3. The highest BCUT2D eigenvalue weighted by Gasteiger charge is 2.40. The van der Waals surface area contributed by atoms with Gasteiger partial charge in [-0.1, -0.05) is 31.5 Å². The molecule has 0 unspecified atom stereocenters. The molecule has 5 nitrogen and oxygen atoms in total. The summed E-state index contributed by atoms with van der Waals surface area (Å²) in [5.41, 5.74) is 3.54. The lowest BCUT2D eigenvalue weighted by Gasteiger charge is -2.47. The minimum atomic E-state index is 0.173. The van der Waals surface area contributed by atoms with E-state index in [-0.39, 0.29) is 5.56 Å². The maximum absolute atomic E-state index is 12.6. The zero-order valence-corrected chi connectivity index (χ0v) is 15.8. The van der Waals surface area contributed by atoms with Crippen LogP contribution in [0.15, 0.2) is 47.3 Å². The molecule has 0 amide bonds. The van der Waals surface area contributed by atoms with Gasteiger partial charge in [0.2, 0.25) is 0 Å². The minimum Gasteiger partial charge on any atom is -0.341 e. The van der Waals surface area contributed by atoms with Crippen molar-refractivity contribution in [2.24, 2.45) is 5.92 Å². The molecule has 4 heterocycles. The van der Waals surface area contributed by atoms with E-state index in [1.54, 1.807) is 6.07 Å². The number of piperidine rings is 1. The summed E-state index contributed by atoms with van der Waals surface area (Å²) in [6, 6.07) is 14.3. The van der Waals surface area contributed by atoms with E-state index >= 15 is 0 Å². The second kappa shape index (κ2) is 6.64. The summed E-state index contributed by atoms with van der Waals surface area (Å²) in [6.45, 7) is 5.10. The van der Waals surface area contributed by atoms with Gasteiger partial charge in [-0.25, -0.2) is 4.98 Å². The lowest BCUT2D eigenvalue weighted by atomic mass is 9.77. The zero-order valence-electron chi connectivity index (χ0n) is 15.8. The van der Waals surface area contributed by atoms with Crippen LogP contribution in [0.1, 0.15) is 49.7 Å². The van der Waals surface area contributed by atoms with Crippen LogP contribution in [0.25, 0.3) is 11.0 Å². The van der Waals surface area contributed by atoms with Gasteiger partial charge in [-0.15, -0.1) is 0 Å². The first-order valence-corrected chi connectivity index (χ1v) is 10.1. The largest absolute Gasteiger partial charge is 0.341 e. The lowest BCUT2D eigenvalue weighted by molar-refractivity contribution is 0.0802. The number of benzene rings is 1. The topological polar surface area (TPSA) is 53.9 Å². The first kappa shape index (κ1) is 16.8. The molecule has 1 N–H and O–H groups in total. The number of aromatic amines is 1. The molecule has 0 radical (unpaired) electrons. The van der Waals surface area contributed by atoms with Gasteiger partial charge in [0, 0.05) is 36.8 Å². The third kappa shape index (κ3) is 2.90. The van der Waals surface area contributed by atoms with Crippen LogP contribution in [0.2, 0.25) is 0 Å². The van der Waals surface area contributed by atoms with Crippen molar-refractivity contribution in [2.75, 3.05) is 13.1 Å². The van der Waals surface area contributed by atoms with E-state index in [2.05, 4.69) is 39.6 Å². The Kier molecular flexibility index (Phi) is 4.12. The smallest absolute Gasteiger partial charge is 0.250 e. The predicted molar refractivity (Wildman–Crippen MR) is 107 cm³/mol. The van der Waals surface area contributed by atoms with E-state index in [0.29, 0.717) is 17.9 Å². The van der Waals surface area contributed by atoms with Crippen molar-refractivity contribution in [1.82, 2.24) is 19.4 Å². The number of pyridine rings is 1. The highest BCUT2D eigenvalue weighted by atomic mass is 16.1. The van der Waals surface area contributed by atoms with Crippen molar-refractivity contribution in [2.45, 2.75) is 44.7 Å². The number of rotatable bonds is 4. The van der Waals surface area contributed by atoms with E-state index in [9.17, 15) is 4.79 Å². The Morgan fingerprint density at radius 2 is 2.04 bits per heavy atom. The molecular weight excluding hydrogens is 336 g/mol. The summed E-state index contributed by atoms with van der Waals surface area (Å²) in [4.78, 5) is 23.3. The molecule has 5 rings (SSSR count). The summed E-state index contributed by atoms with van der Waals surface area (Å²) in [6.07, 6.45) is 3.38. The second-order valence-corrected chi connectivity index (χ2v) is 8.10. The first-order chi connectivity index (χ1) is 13.2. The van der Waals surface area contributed by atoms with Gasteiger partial charge in [0.15, 0.2) is 0 Å². The quantitative estimate of drug-likeness (QED) is 0.770. The standard InChI is InChI=1S/C22H26N4O/c1-2-6-19-15-11-16(20-9-5-10-22(27)26(19)20)13-25(12-15)14-21-23-17-7-3-4-8-18(17)24-21/h3-5,7-10,15-16,19H,2,6,11-14H2,1H3,(H,23,24)/t15-,16+,19-/m0/s1. The zero-order chi connectivity index (χ0) is 18.4. The van der Waals surface area contributed by atoms with E-state index in [1.807, 2.05) is 18.2 Å². The summed E-state index contributed by atoms with van der Waals surface area (Å²) >= 11 is 0. The van der Waals surface area contributed by atoms with Gasteiger partial charge >= 0.3 is 0 Å². The summed E-state index contributed by atoms with van der Waals surface area (Å²) in [5, 5.41) is 0. The number of likely N-dealkylation sites (tertiary alicyclic amines) is 1. The van der Waals surface area contributed by atoms with Crippen molar-refractivity contribution >= 4 is 11.0 Å². The Morgan fingerprint density at radius 3 is 2.89 bits per heavy atom. The Hall–Kier alpha value is -2.40. The fraction of sp³-hybridized carbons (Fsp3) is 0.455. The molecule has 0 aliphatic carbocycles.